The average Bonchev–Trinajstić information content (AvgIpc) is 3.94. The fourth-order valence-corrected chi connectivity index (χ4v) is 6.87. The topological polar surface area (TPSA) is 229 Å². The number of fused-ring (bicyclic) bond motifs is 8. The van der Waals surface area contributed by atoms with E-state index in [0.717, 1.165) is 39.8 Å². The summed E-state index contributed by atoms with van der Waals surface area (Å²) < 4.78 is 16.7. The van der Waals surface area contributed by atoms with E-state index >= 15 is 0 Å². The van der Waals surface area contributed by atoms with E-state index in [4.69, 9.17) is 20.2 Å². The fourth-order valence-electron chi connectivity index (χ4n) is 6.87. The molecule has 19 heteroatoms. The minimum Gasteiger partial charge on any atom is -0.395 e. The van der Waals surface area contributed by atoms with Gasteiger partial charge in [0.15, 0.2) is 11.3 Å². The van der Waals surface area contributed by atoms with Gasteiger partial charge < -0.3 is 47.1 Å². The third-order valence-electron chi connectivity index (χ3n) is 9.85. The van der Waals surface area contributed by atoms with Gasteiger partial charge in [0.1, 0.15) is 28.6 Å². The van der Waals surface area contributed by atoms with Crippen LogP contribution in [0, 0.1) is 0 Å². The number of anilines is 7. The summed E-state index contributed by atoms with van der Waals surface area (Å²) in [6.45, 7) is 5.51. The van der Waals surface area contributed by atoms with E-state index in [1.807, 2.05) is 65.5 Å². The lowest BCUT2D eigenvalue weighted by atomic mass is 10.1. The Morgan fingerprint density at radius 1 is 0.862 bits per heavy atom. The molecule has 1 unspecified atom stereocenters. The number of benzene rings is 2. The van der Waals surface area contributed by atoms with E-state index in [9.17, 15) is 9.59 Å². The molecule has 2 aromatic carbocycles. The molecule has 5 aromatic heterocycles. The number of hydrogen-bond donors (Lipinski definition) is 7. The zero-order valence-electron chi connectivity index (χ0n) is 32.8. The summed E-state index contributed by atoms with van der Waals surface area (Å²) >= 11 is 0. The molecule has 2 atom stereocenters. The second-order valence-electron chi connectivity index (χ2n) is 14.2. The molecule has 0 spiro atoms. The van der Waals surface area contributed by atoms with Crippen LogP contribution in [-0.2, 0) is 29.7 Å². The number of nitrogens with two attached hydrogens (primary N) is 1. The van der Waals surface area contributed by atoms with E-state index in [-0.39, 0.29) is 23.9 Å². The second kappa shape index (κ2) is 15.9. The Morgan fingerprint density at radius 2 is 1.57 bits per heavy atom. The van der Waals surface area contributed by atoms with Crippen LogP contribution in [0.2, 0.25) is 0 Å². The first-order valence-corrected chi connectivity index (χ1v) is 18.9. The Morgan fingerprint density at radius 3 is 2.36 bits per heavy atom. The Hall–Kier alpha value is -6.99. The lowest BCUT2D eigenvalue weighted by Gasteiger charge is -2.18. The third-order valence-corrected chi connectivity index (χ3v) is 9.85. The standard InChI is InChI=1S/C21H24N8O2.C18H21N7O2/c1-4-13-11-31-10-12-5-16(15-9-28(3)27-17(15)6-12)25-18-7-19(22-2)29-20(26-18)14(8-23-29)21(30)24-13;1-10-8-27-9-11-5-13(20-2)16(19)14(6-11)23-15-3-4-25-17(24-15)12(7-21-25)18(26)22-10/h5-9,13,22H,4,10-11H2,1-3H3,(H,24,30)(H,25,26);3-7,10,20H,8-9,19H2,1-2H3,(H,22,26)(H,23,24)/t13-;/m1./s1. The molecule has 300 valence electrons. The summed E-state index contributed by atoms with van der Waals surface area (Å²) in [5.41, 5.74) is 13.8. The number of rotatable bonds is 3. The molecule has 7 aromatic rings. The van der Waals surface area contributed by atoms with Crippen LogP contribution in [-0.4, -0.2) is 90.2 Å². The molecule has 58 heavy (non-hydrogen) atoms. The monoisotopic (exact) mass is 787 g/mol. The van der Waals surface area contributed by atoms with Crippen molar-refractivity contribution >= 4 is 74.2 Å². The highest BCUT2D eigenvalue weighted by Gasteiger charge is 2.22. The molecule has 0 saturated heterocycles. The highest BCUT2D eigenvalue weighted by atomic mass is 16.5. The molecule has 9 rings (SSSR count). The molecule has 7 heterocycles. The van der Waals surface area contributed by atoms with E-state index < -0.39 is 0 Å². The van der Waals surface area contributed by atoms with Gasteiger partial charge in [0.05, 0.1) is 73.1 Å². The third kappa shape index (κ3) is 7.59. The lowest BCUT2D eigenvalue weighted by molar-refractivity contribution is 0.0793. The van der Waals surface area contributed by atoms with E-state index in [1.54, 1.807) is 32.2 Å². The molecular formula is C39H45N15O4. The first-order chi connectivity index (χ1) is 28.1. The molecule has 19 nitrogen and oxygen atoms in total. The van der Waals surface area contributed by atoms with Crippen LogP contribution in [0.15, 0.2) is 61.2 Å². The highest BCUT2D eigenvalue weighted by molar-refractivity contribution is 6.01. The lowest BCUT2D eigenvalue weighted by Crippen LogP contribution is -2.37. The molecule has 0 fully saturated rings. The van der Waals surface area contributed by atoms with Gasteiger partial charge in [-0.1, -0.05) is 6.92 Å². The van der Waals surface area contributed by atoms with Gasteiger partial charge in [-0.05, 0) is 54.8 Å². The van der Waals surface area contributed by atoms with Gasteiger partial charge in [0.2, 0.25) is 0 Å². The zero-order chi connectivity index (χ0) is 40.5. The summed E-state index contributed by atoms with van der Waals surface area (Å²) in [6.07, 6.45) is 7.51. The van der Waals surface area contributed by atoms with Gasteiger partial charge in [-0.3, -0.25) is 14.3 Å². The summed E-state index contributed by atoms with van der Waals surface area (Å²) in [4.78, 5) is 34.8. The molecule has 0 aliphatic carbocycles. The largest absolute Gasteiger partial charge is 0.395 e. The van der Waals surface area contributed by atoms with Crippen LogP contribution in [0.4, 0.5) is 40.2 Å². The Labute approximate surface area is 332 Å². The number of nitrogens with one attached hydrogen (secondary N) is 6. The highest BCUT2D eigenvalue weighted by Crippen LogP contribution is 2.33. The predicted molar refractivity (Wildman–Crippen MR) is 221 cm³/mol. The summed E-state index contributed by atoms with van der Waals surface area (Å²) in [5.74, 6) is 1.42. The number of aryl methyl sites for hydroxylation is 1. The summed E-state index contributed by atoms with van der Waals surface area (Å²) in [5, 5.41) is 32.9. The van der Waals surface area contributed by atoms with Crippen molar-refractivity contribution in [2.45, 2.75) is 45.6 Å². The first-order valence-electron chi connectivity index (χ1n) is 18.9. The smallest absolute Gasteiger partial charge is 0.257 e. The maximum Gasteiger partial charge on any atom is 0.257 e. The van der Waals surface area contributed by atoms with Gasteiger partial charge >= 0.3 is 0 Å². The van der Waals surface area contributed by atoms with Crippen LogP contribution in [0.1, 0.15) is 52.1 Å². The van der Waals surface area contributed by atoms with Crippen LogP contribution in [0.5, 0.6) is 0 Å². The second-order valence-corrected chi connectivity index (χ2v) is 14.2. The van der Waals surface area contributed by atoms with Gasteiger partial charge in [-0.2, -0.15) is 19.8 Å². The van der Waals surface area contributed by atoms with Crippen LogP contribution in [0.3, 0.4) is 0 Å². The Balaban J connectivity index is 0.000000164. The molecule has 2 amide bonds. The molecule has 0 radical (unpaired) electrons. The van der Waals surface area contributed by atoms with Crippen LogP contribution in [0.25, 0.3) is 22.2 Å². The van der Waals surface area contributed by atoms with Crippen molar-refractivity contribution in [3.63, 3.8) is 0 Å². The summed E-state index contributed by atoms with van der Waals surface area (Å²) in [6, 6.07) is 11.3. The zero-order valence-corrected chi connectivity index (χ0v) is 32.8. The van der Waals surface area contributed by atoms with E-state index in [2.05, 4.69) is 58.2 Å². The minimum absolute atomic E-state index is 0.117. The number of ether oxygens (including phenoxy) is 2. The predicted octanol–water partition coefficient (Wildman–Crippen LogP) is 4.19. The molecule has 8 bridgehead atoms. The van der Waals surface area contributed by atoms with Crippen molar-refractivity contribution in [3.05, 3.63) is 83.4 Å². The number of carbonyl (C=O) groups excluding carboxylic acids is 2. The maximum atomic E-state index is 13.0. The van der Waals surface area contributed by atoms with Gasteiger partial charge in [0, 0.05) is 51.0 Å². The van der Waals surface area contributed by atoms with Gasteiger partial charge in [-0.25, -0.2) is 14.5 Å². The van der Waals surface area contributed by atoms with Crippen molar-refractivity contribution in [1.29, 1.82) is 0 Å². The SMILES string of the molecule is CC[C@@H]1COCc2cc(c3cn(C)nc3c2)Nc2cc(NC)n3ncc(c3n2)C(=O)N1.CNc1cc2cc(c1N)Nc1ccn3ncc(c3n1)C(=O)NC(C)COC2. The summed E-state index contributed by atoms with van der Waals surface area (Å²) in [7, 11) is 5.52. The first kappa shape index (κ1) is 37.9. The number of nitrogens with zero attached hydrogens (tertiary/aromatic N) is 8. The number of hydrogen-bond acceptors (Lipinski definition) is 14. The van der Waals surface area contributed by atoms with Crippen molar-refractivity contribution in [2.75, 3.05) is 54.3 Å². The number of nitrogen functional groups attached to an aromatic ring is 1. The Kier molecular flexibility index (Phi) is 10.4. The van der Waals surface area contributed by atoms with Crippen molar-refractivity contribution in [3.8, 4) is 0 Å². The van der Waals surface area contributed by atoms with Crippen LogP contribution >= 0.6 is 0 Å². The number of aromatic nitrogens is 8. The van der Waals surface area contributed by atoms with Crippen LogP contribution < -0.4 is 37.6 Å². The quantitative estimate of drug-likeness (QED) is 0.125. The van der Waals surface area contributed by atoms with Crippen molar-refractivity contribution in [1.82, 2.24) is 49.6 Å². The van der Waals surface area contributed by atoms with E-state index in [1.165, 1.54) is 6.20 Å². The molecular weight excluding hydrogens is 743 g/mol. The molecule has 0 saturated carbocycles. The van der Waals surface area contributed by atoms with Gasteiger partial charge in [-0.15, -0.1) is 0 Å². The number of carbonyl (C=O) groups is 2. The van der Waals surface area contributed by atoms with Crippen molar-refractivity contribution < 1.29 is 19.1 Å². The van der Waals surface area contributed by atoms with E-state index in [0.29, 0.717) is 77.7 Å². The normalized spacial score (nSPS) is 17.1. The number of amides is 2. The maximum absolute atomic E-state index is 13.0. The minimum atomic E-state index is -0.238. The molecule has 8 N–H and O–H groups in total. The molecule has 2 aliphatic heterocycles. The van der Waals surface area contributed by atoms with Crippen molar-refractivity contribution in [2.24, 2.45) is 7.05 Å². The molecule has 2 aliphatic rings. The Bertz CT molecular complexity index is 2670. The fraction of sp³-hybridized carbons (Fsp3) is 0.308. The van der Waals surface area contributed by atoms with Gasteiger partial charge in [0.25, 0.3) is 11.8 Å². The average molecular weight is 788 g/mol.